The van der Waals surface area contributed by atoms with Gasteiger partial charge in [-0.2, -0.15) is 0 Å². The highest BCUT2D eigenvalue weighted by Gasteiger charge is 2.27. The number of hydrogen-bond donors (Lipinski definition) is 2. The van der Waals surface area contributed by atoms with Crippen molar-refractivity contribution >= 4 is 5.91 Å². The van der Waals surface area contributed by atoms with Crippen LogP contribution in [0.4, 0.5) is 0 Å². The molecular formula is C11H23N3O. The highest BCUT2D eigenvalue weighted by atomic mass is 16.2. The minimum Gasteiger partial charge on any atom is -0.351 e. The average Bonchev–Trinajstić information content (AvgIpc) is 2.14. The van der Waals surface area contributed by atoms with Gasteiger partial charge in [-0.15, -0.1) is 0 Å². The first-order valence-corrected chi connectivity index (χ1v) is 5.76. The minimum atomic E-state index is 0.132. The maximum Gasteiger partial charge on any atom is 0.234 e. The lowest BCUT2D eigenvalue weighted by Gasteiger charge is -2.37. The number of amides is 1. The van der Waals surface area contributed by atoms with E-state index in [-0.39, 0.29) is 5.91 Å². The molecule has 1 fully saturated rings. The molecule has 1 saturated heterocycles. The van der Waals surface area contributed by atoms with Gasteiger partial charge in [0.05, 0.1) is 6.54 Å². The van der Waals surface area contributed by atoms with Gasteiger partial charge in [-0.25, -0.2) is 0 Å². The van der Waals surface area contributed by atoms with E-state index in [1.165, 1.54) is 0 Å². The molecule has 1 heterocycles. The molecule has 0 aromatic carbocycles. The monoisotopic (exact) mass is 213 g/mol. The lowest BCUT2D eigenvalue weighted by atomic mass is 10.0. The quantitative estimate of drug-likeness (QED) is 0.700. The molecule has 0 aliphatic carbocycles. The van der Waals surface area contributed by atoms with Crippen LogP contribution in [0.2, 0.25) is 0 Å². The van der Waals surface area contributed by atoms with Crippen molar-refractivity contribution in [3.63, 3.8) is 0 Å². The molecule has 3 N–H and O–H groups in total. The van der Waals surface area contributed by atoms with Crippen LogP contribution in [0, 0.1) is 5.92 Å². The van der Waals surface area contributed by atoms with Crippen LogP contribution >= 0.6 is 0 Å². The summed E-state index contributed by atoms with van der Waals surface area (Å²) in [6.45, 7) is 8.47. The zero-order valence-electron chi connectivity index (χ0n) is 9.99. The fraction of sp³-hybridized carbons (Fsp3) is 0.909. The third-order valence-electron chi connectivity index (χ3n) is 2.89. The summed E-state index contributed by atoms with van der Waals surface area (Å²) < 4.78 is 0. The molecule has 0 saturated carbocycles. The van der Waals surface area contributed by atoms with E-state index in [4.69, 9.17) is 5.73 Å². The third-order valence-corrected chi connectivity index (χ3v) is 2.89. The van der Waals surface area contributed by atoms with Crippen LogP contribution < -0.4 is 11.1 Å². The minimum absolute atomic E-state index is 0.132. The van der Waals surface area contributed by atoms with Crippen molar-refractivity contribution < 1.29 is 4.79 Å². The molecule has 0 aromatic heterocycles. The van der Waals surface area contributed by atoms with Crippen LogP contribution in [0.15, 0.2) is 0 Å². The van der Waals surface area contributed by atoms with Crippen molar-refractivity contribution in [2.45, 2.75) is 39.3 Å². The summed E-state index contributed by atoms with van der Waals surface area (Å²) in [6.07, 6.45) is 1.04. The molecule has 1 amide bonds. The van der Waals surface area contributed by atoms with E-state index >= 15 is 0 Å². The van der Waals surface area contributed by atoms with Gasteiger partial charge in [-0.1, -0.05) is 13.8 Å². The van der Waals surface area contributed by atoms with Crippen molar-refractivity contribution in [2.24, 2.45) is 11.7 Å². The topological polar surface area (TPSA) is 58.4 Å². The second-order valence-corrected chi connectivity index (χ2v) is 4.91. The lowest BCUT2D eigenvalue weighted by molar-refractivity contribution is -0.126. The Morgan fingerprint density at radius 2 is 2.20 bits per heavy atom. The van der Waals surface area contributed by atoms with Crippen LogP contribution in [0.25, 0.3) is 0 Å². The highest BCUT2D eigenvalue weighted by Crippen LogP contribution is 2.11. The summed E-state index contributed by atoms with van der Waals surface area (Å²) in [4.78, 5) is 13.7. The first kappa shape index (κ1) is 12.5. The van der Waals surface area contributed by atoms with Crippen molar-refractivity contribution in [3.8, 4) is 0 Å². The highest BCUT2D eigenvalue weighted by molar-refractivity contribution is 5.79. The first-order valence-electron chi connectivity index (χ1n) is 5.76. The van der Waals surface area contributed by atoms with Gasteiger partial charge in [-0.05, 0) is 19.3 Å². The number of nitrogens with two attached hydrogens (primary N) is 1. The standard InChI is InChI=1S/C11H23N3O/c1-8(2)4-10-6-14(9(3)5-12)7-11(15)13-10/h8-10H,4-7,12H2,1-3H3,(H,13,15). The Kier molecular flexibility index (Phi) is 4.54. The van der Waals surface area contributed by atoms with Crippen molar-refractivity contribution in [2.75, 3.05) is 19.6 Å². The Hall–Kier alpha value is -0.610. The SMILES string of the molecule is CC(C)CC1CN(C(C)CN)CC(=O)N1. The van der Waals surface area contributed by atoms with Crippen LogP contribution in [0.1, 0.15) is 27.2 Å². The predicted octanol–water partition coefficient (Wildman–Crippen LogP) is 0.180. The Morgan fingerprint density at radius 3 is 2.73 bits per heavy atom. The Balaban J connectivity index is 2.51. The van der Waals surface area contributed by atoms with Gasteiger partial charge >= 0.3 is 0 Å². The van der Waals surface area contributed by atoms with E-state index in [0.717, 1.165) is 13.0 Å². The largest absolute Gasteiger partial charge is 0.351 e. The average molecular weight is 213 g/mol. The van der Waals surface area contributed by atoms with Crippen molar-refractivity contribution in [3.05, 3.63) is 0 Å². The Labute approximate surface area is 92.2 Å². The number of nitrogens with one attached hydrogen (secondary N) is 1. The van der Waals surface area contributed by atoms with Gasteiger partial charge in [0.15, 0.2) is 0 Å². The Morgan fingerprint density at radius 1 is 1.53 bits per heavy atom. The van der Waals surface area contributed by atoms with Crippen LogP contribution in [0.3, 0.4) is 0 Å². The fourth-order valence-corrected chi connectivity index (χ4v) is 2.04. The van der Waals surface area contributed by atoms with Crippen LogP contribution in [-0.2, 0) is 4.79 Å². The molecule has 2 unspecified atom stereocenters. The molecule has 0 aromatic rings. The van der Waals surface area contributed by atoms with E-state index in [0.29, 0.717) is 31.1 Å². The summed E-state index contributed by atoms with van der Waals surface area (Å²) in [6, 6.07) is 0.589. The molecule has 15 heavy (non-hydrogen) atoms. The summed E-state index contributed by atoms with van der Waals surface area (Å²) >= 11 is 0. The summed E-state index contributed by atoms with van der Waals surface area (Å²) in [7, 11) is 0. The smallest absolute Gasteiger partial charge is 0.234 e. The molecule has 4 heteroatoms. The van der Waals surface area contributed by atoms with E-state index < -0.39 is 0 Å². The van der Waals surface area contributed by atoms with E-state index in [1.807, 2.05) is 0 Å². The molecular weight excluding hydrogens is 190 g/mol. The third kappa shape index (κ3) is 3.80. The number of piperazine rings is 1. The summed E-state index contributed by atoms with van der Waals surface area (Å²) in [5.41, 5.74) is 5.62. The van der Waals surface area contributed by atoms with E-state index in [1.54, 1.807) is 0 Å². The van der Waals surface area contributed by atoms with Gasteiger partial charge in [0.1, 0.15) is 0 Å². The van der Waals surface area contributed by atoms with Crippen LogP contribution in [0.5, 0.6) is 0 Å². The number of rotatable bonds is 4. The molecule has 0 spiro atoms. The lowest BCUT2D eigenvalue weighted by Crippen LogP contribution is -2.57. The zero-order chi connectivity index (χ0) is 11.4. The number of nitrogens with zero attached hydrogens (tertiary/aromatic N) is 1. The number of hydrogen-bond acceptors (Lipinski definition) is 3. The van der Waals surface area contributed by atoms with E-state index in [9.17, 15) is 4.79 Å². The normalized spacial score (nSPS) is 25.4. The summed E-state index contributed by atoms with van der Waals surface area (Å²) in [5.74, 6) is 0.746. The molecule has 0 bridgehead atoms. The van der Waals surface area contributed by atoms with Crippen LogP contribution in [-0.4, -0.2) is 42.5 Å². The van der Waals surface area contributed by atoms with Gasteiger partial charge in [0.2, 0.25) is 5.91 Å². The fourth-order valence-electron chi connectivity index (χ4n) is 2.04. The molecule has 88 valence electrons. The van der Waals surface area contributed by atoms with E-state index in [2.05, 4.69) is 31.0 Å². The molecule has 1 rings (SSSR count). The molecule has 0 radical (unpaired) electrons. The summed E-state index contributed by atoms with van der Waals surface area (Å²) in [5, 5.41) is 3.04. The number of carbonyl (C=O) groups is 1. The number of carbonyl (C=O) groups excluding carboxylic acids is 1. The van der Waals surface area contributed by atoms with Crippen molar-refractivity contribution in [1.29, 1.82) is 0 Å². The second kappa shape index (κ2) is 5.47. The molecule has 1 aliphatic rings. The second-order valence-electron chi connectivity index (χ2n) is 4.91. The van der Waals surface area contributed by atoms with Gasteiger partial charge < -0.3 is 11.1 Å². The molecule has 2 atom stereocenters. The maximum absolute atomic E-state index is 11.5. The molecule has 4 nitrogen and oxygen atoms in total. The predicted molar refractivity (Wildman–Crippen MR) is 61.5 cm³/mol. The zero-order valence-corrected chi connectivity index (χ0v) is 9.99. The molecule has 1 aliphatic heterocycles. The first-order chi connectivity index (χ1) is 7.02. The van der Waals surface area contributed by atoms with Gasteiger partial charge in [0.25, 0.3) is 0 Å². The van der Waals surface area contributed by atoms with Gasteiger partial charge in [-0.3, -0.25) is 9.69 Å². The Bertz CT molecular complexity index is 218. The maximum atomic E-state index is 11.5. The van der Waals surface area contributed by atoms with Gasteiger partial charge in [0, 0.05) is 25.2 Å². The van der Waals surface area contributed by atoms with Crippen molar-refractivity contribution in [1.82, 2.24) is 10.2 Å².